The molecule has 0 bridgehead atoms. The normalized spacial score (nSPS) is 11.8. The maximum atomic E-state index is 12.9. The number of fused-ring (bicyclic) bond motifs is 2. The summed E-state index contributed by atoms with van der Waals surface area (Å²) in [6, 6.07) is 36.1. The summed E-state index contributed by atoms with van der Waals surface area (Å²) in [6.45, 7) is 0. The third-order valence-corrected chi connectivity index (χ3v) is 6.53. The molecule has 5 aromatic carbocycles. The third kappa shape index (κ3) is 4.22. The zero-order valence-electron chi connectivity index (χ0n) is 19.1. The molecule has 0 aliphatic carbocycles. The van der Waals surface area contributed by atoms with E-state index < -0.39 is 11.7 Å². The topological polar surface area (TPSA) is 12.9 Å². The molecule has 1 nitrogen and oxygen atoms in total. The van der Waals surface area contributed by atoms with Gasteiger partial charge in [-0.05, 0) is 74.6 Å². The summed E-state index contributed by atoms with van der Waals surface area (Å²) in [4.78, 5) is 4.71. The van der Waals surface area contributed by atoms with Gasteiger partial charge in [-0.1, -0.05) is 78.9 Å². The maximum Gasteiger partial charge on any atom is 0.416 e. The molecule has 0 amide bonds. The zero-order chi connectivity index (χ0) is 24.7. The Morgan fingerprint density at radius 1 is 0.444 bits per heavy atom. The lowest BCUT2D eigenvalue weighted by Gasteiger charge is -2.10. The molecule has 0 aliphatic rings. The van der Waals surface area contributed by atoms with Crippen molar-refractivity contribution in [2.24, 2.45) is 0 Å². The third-order valence-electron chi connectivity index (χ3n) is 6.53. The second-order valence-corrected chi connectivity index (χ2v) is 8.85. The van der Waals surface area contributed by atoms with Crippen molar-refractivity contribution in [2.45, 2.75) is 6.18 Å². The highest BCUT2D eigenvalue weighted by molar-refractivity contribution is 5.91. The SMILES string of the molecule is FC(F)(F)c1ccc(-c2ccc3ccc(-c4ccc(-c5ccc6ccccc6c5)nc4)cc3c2)cc1. The number of hydrogen-bond acceptors (Lipinski definition) is 1. The first-order chi connectivity index (χ1) is 17.4. The molecule has 0 spiro atoms. The van der Waals surface area contributed by atoms with Crippen LogP contribution < -0.4 is 0 Å². The van der Waals surface area contributed by atoms with Crippen LogP contribution in [0.5, 0.6) is 0 Å². The van der Waals surface area contributed by atoms with Crippen molar-refractivity contribution in [1.29, 1.82) is 0 Å². The average Bonchev–Trinajstić information content (AvgIpc) is 2.92. The van der Waals surface area contributed by atoms with Crippen molar-refractivity contribution in [1.82, 2.24) is 4.98 Å². The fourth-order valence-corrected chi connectivity index (χ4v) is 4.54. The lowest BCUT2D eigenvalue weighted by atomic mass is 9.97. The van der Waals surface area contributed by atoms with Crippen LogP contribution in [0.1, 0.15) is 5.56 Å². The van der Waals surface area contributed by atoms with Gasteiger partial charge in [-0.2, -0.15) is 13.2 Å². The molecule has 4 heteroatoms. The molecular formula is C32H20F3N. The summed E-state index contributed by atoms with van der Waals surface area (Å²) >= 11 is 0. The second-order valence-electron chi connectivity index (χ2n) is 8.85. The van der Waals surface area contributed by atoms with E-state index in [0.29, 0.717) is 0 Å². The van der Waals surface area contributed by atoms with Crippen molar-refractivity contribution in [3.05, 3.63) is 127 Å². The van der Waals surface area contributed by atoms with Crippen molar-refractivity contribution in [3.8, 4) is 33.5 Å². The minimum Gasteiger partial charge on any atom is -0.256 e. The van der Waals surface area contributed by atoms with E-state index in [2.05, 4.69) is 54.6 Å². The van der Waals surface area contributed by atoms with E-state index in [1.54, 1.807) is 0 Å². The van der Waals surface area contributed by atoms with Gasteiger partial charge >= 0.3 is 6.18 Å². The molecule has 0 unspecified atom stereocenters. The number of pyridine rings is 1. The molecule has 0 N–H and O–H groups in total. The Morgan fingerprint density at radius 3 is 1.61 bits per heavy atom. The van der Waals surface area contributed by atoms with Crippen LogP contribution in [0.4, 0.5) is 13.2 Å². The van der Waals surface area contributed by atoms with Crippen LogP contribution in [0.15, 0.2) is 121 Å². The van der Waals surface area contributed by atoms with Crippen molar-refractivity contribution in [3.63, 3.8) is 0 Å². The average molecular weight is 476 g/mol. The summed E-state index contributed by atoms with van der Waals surface area (Å²) in [7, 11) is 0. The number of aromatic nitrogens is 1. The Balaban J connectivity index is 1.31. The van der Waals surface area contributed by atoms with Gasteiger partial charge in [-0.15, -0.1) is 0 Å². The molecule has 36 heavy (non-hydrogen) atoms. The first kappa shape index (κ1) is 22.1. The number of hydrogen-bond donors (Lipinski definition) is 0. The summed E-state index contributed by atoms with van der Waals surface area (Å²) in [6.07, 6.45) is -2.46. The molecule has 6 aromatic rings. The highest BCUT2D eigenvalue weighted by atomic mass is 19.4. The molecule has 0 saturated heterocycles. The standard InChI is InChI=1S/C32H20F3N/c33-32(34,35)30-14-11-22(12-15-30)25-8-5-23-6-9-26(19-29(23)18-25)28-13-16-31(36-20-28)27-10-7-21-3-1-2-4-24(21)17-27/h1-20H. The van der Waals surface area contributed by atoms with Gasteiger partial charge < -0.3 is 0 Å². The Hall–Kier alpha value is -4.44. The van der Waals surface area contributed by atoms with Crippen LogP contribution in [0, 0.1) is 0 Å². The van der Waals surface area contributed by atoms with Crippen LogP contribution >= 0.6 is 0 Å². The molecule has 0 fully saturated rings. The first-order valence-electron chi connectivity index (χ1n) is 11.6. The van der Waals surface area contributed by atoms with Gasteiger partial charge in [0.25, 0.3) is 0 Å². The largest absolute Gasteiger partial charge is 0.416 e. The van der Waals surface area contributed by atoms with E-state index in [1.165, 1.54) is 22.9 Å². The molecule has 0 atom stereocenters. The lowest BCUT2D eigenvalue weighted by Crippen LogP contribution is -2.03. The molecule has 174 valence electrons. The van der Waals surface area contributed by atoms with Gasteiger partial charge in [0.05, 0.1) is 11.3 Å². The molecule has 1 aromatic heterocycles. The van der Waals surface area contributed by atoms with Crippen LogP contribution in [-0.2, 0) is 6.18 Å². The van der Waals surface area contributed by atoms with E-state index in [9.17, 15) is 13.2 Å². The van der Waals surface area contributed by atoms with Crippen molar-refractivity contribution >= 4 is 21.5 Å². The lowest BCUT2D eigenvalue weighted by molar-refractivity contribution is -0.137. The monoisotopic (exact) mass is 475 g/mol. The second kappa shape index (κ2) is 8.65. The molecular weight excluding hydrogens is 455 g/mol. The Bertz CT molecular complexity index is 1700. The number of benzene rings is 5. The molecule has 0 radical (unpaired) electrons. The minimum atomic E-state index is -4.34. The minimum absolute atomic E-state index is 0.644. The van der Waals surface area contributed by atoms with E-state index in [-0.39, 0.29) is 0 Å². The summed E-state index contributed by atoms with van der Waals surface area (Å²) in [5, 5.41) is 4.46. The van der Waals surface area contributed by atoms with Gasteiger partial charge in [0.2, 0.25) is 0 Å². The highest BCUT2D eigenvalue weighted by Gasteiger charge is 2.29. The van der Waals surface area contributed by atoms with Crippen molar-refractivity contribution in [2.75, 3.05) is 0 Å². The van der Waals surface area contributed by atoms with Crippen LogP contribution in [0.2, 0.25) is 0 Å². The number of halogens is 3. The Kier molecular flexibility index (Phi) is 5.30. The van der Waals surface area contributed by atoms with E-state index in [1.807, 2.05) is 42.6 Å². The molecule has 6 rings (SSSR count). The van der Waals surface area contributed by atoms with Crippen molar-refractivity contribution < 1.29 is 13.2 Å². The van der Waals surface area contributed by atoms with Crippen LogP contribution in [0.25, 0.3) is 55.1 Å². The fourth-order valence-electron chi connectivity index (χ4n) is 4.54. The summed E-state index contributed by atoms with van der Waals surface area (Å²) in [5.74, 6) is 0. The predicted molar refractivity (Wildman–Crippen MR) is 141 cm³/mol. The predicted octanol–water partition coefficient (Wildman–Crippen LogP) is 9.41. The van der Waals surface area contributed by atoms with E-state index >= 15 is 0 Å². The number of alkyl halides is 3. The fraction of sp³-hybridized carbons (Fsp3) is 0.0312. The Labute approximate surface area is 206 Å². The van der Waals surface area contributed by atoms with Crippen LogP contribution in [0.3, 0.4) is 0 Å². The zero-order valence-corrected chi connectivity index (χ0v) is 19.1. The Morgan fingerprint density at radius 2 is 0.972 bits per heavy atom. The smallest absolute Gasteiger partial charge is 0.256 e. The summed E-state index contributed by atoms with van der Waals surface area (Å²) < 4.78 is 38.7. The van der Waals surface area contributed by atoms with Gasteiger partial charge in [-0.25, -0.2) is 0 Å². The summed E-state index contributed by atoms with van der Waals surface area (Å²) in [5.41, 5.74) is 4.99. The van der Waals surface area contributed by atoms with Gasteiger partial charge in [0, 0.05) is 17.3 Å². The molecule has 0 saturated carbocycles. The molecule has 0 aliphatic heterocycles. The van der Waals surface area contributed by atoms with Crippen LogP contribution in [-0.4, -0.2) is 4.98 Å². The van der Waals surface area contributed by atoms with Gasteiger partial charge in [0.15, 0.2) is 0 Å². The van der Waals surface area contributed by atoms with Gasteiger partial charge in [0.1, 0.15) is 0 Å². The molecule has 1 heterocycles. The number of nitrogens with zero attached hydrogens (tertiary/aromatic N) is 1. The number of rotatable bonds is 3. The van der Waals surface area contributed by atoms with E-state index in [4.69, 9.17) is 4.98 Å². The van der Waals surface area contributed by atoms with E-state index in [0.717, 1.165) is 56.4 Å². The maximum absolute atomic E-state index is 12.9. The first-order valence-corrected chi connectivity index (χ1v) is 11.6. The van der Waals surface area contributed by atoms with Gasteiger partial charge in [-0.3, -0.25) is 4.98 Å². The quantitative estimate of drug-likeness (QED) is 0.248. The highest BCUT2D eigenvalue weighted by Crippen LogP contribution is 2.33.